The number of benzene rings is 1. The van der Waals surface area contributed by atoms with E-state index in [2.05, 4.69) is 13.8 Å². The molecule has 178 valence electrons. The molecule has 1 heterocycles. The summed E-state index contributed by atoms with van der Waals surface area (Å²) in [5.41, 5.74) is 0.938. The van der Waals surface area contributed by atoms with Crippen LogP contribution in [-0.4, -0.2) is 57.4 Å². The van der Waals surface area contributed by atoms with E-state index >= 15 is 0 Å². The van der Waals surface area contributed by atoms with Crippen LogP contribution in [0.25, 0.3) is 0 Å². The van der Waals surface area contributed by atoms with E-state index < -0.39 is 17.7 Å². The van der Waals surface area contributed by atoms with Gasteiger partial charge in [-0.25, -0.2) is 9.59 Å². The zero-order valence-electron chi connectivity index (χ0n) is 19.0. The van der Waals surface area contributed by atoms with Gasteiger partial charge in [-0.2, -0.15) is 0 Å². The van der Waals surface area contributed by atoms with E-state index in [0.717, 1.165) is 31.2 Å². The highest BCUT2D eigenvalue weighted by Gasteiger charge is 2.58. The molecule has 0 aliphatic carbocycles. The van der Waals surface area contributed by atoms with Crippen molar-refractivity contribution in [2.45, 2.75) is 51.7 Å². The summed E-state index contributed by atoms with van der Waals surface area (Å²) < 4.78 is 32.3. The molecule has 0 bridgehead atoms. The van der Waals surface area contributed by atoms with E-state index in [1.165, 1.54) is 6.26 Å². The van der Waals surface area contributed by atoms with Gasteiger partial charge >= 0.3 is 17.7 Å². The van der Waals surface area contributed by atoms with Crippen molar-refractivity contribution in [2.75, 3.05) is 39.6 Å². The van der Waals surface area contributed by atoms with Crippen LogP contribution in [0.2, 0.25) is 0 Å². The summed E-state index contributed by atoms with van der Waals surface area (Å²) in [4.78, 5) is 25.6. The molecule has 0 radical (unpaired) electrons. The van der Waals surface area contributed by atoms with Gasteiger partial charge in [-0.3, -0.25) is 0 Å². The molecule has 0 atom stereocenters. The Kier molecular flexibility index (Phi) is 11.6. The smallest absolute Gasteiger partial charge is 0.452 e. The fourth-order valence-electron chi connectivity index (χ4n) is 2.79. The van der Waals surface area contributed by atoms with Crippen LogP contribution in [0.5, 0.6) is 0 Å². The summed E-state index contributed by atoms with van der Waals surface area (Å²) in [5.74, 6) is -3.96. The van der Waals surface area contributed by atoms with E-state index in [1.54, 1.807) is 0 Å². The molecule has 0 unspecified atom stereocenters. The molecule has 0 amide bonds. The Balaban J connectivity index is 1.93. The highest BCUT2D eigenvalue weighted by molar-refractivity contribution is 6.02. The Morgan fingerprint density at radius 2 is 1.38 bits per heavy atom. The third-order valence-corrected chi connectivity index (χ3v) is 4.60. The van der Waals surface area contributed by atoms with Crippen LogP contribution >= 0.6 is 0 Å². The largest absolute Gasteiger partial charge is 0.457 e. The maximum atomic E-state index is 12.8. The van der Waals surface area contributed by atoms with Crippen molar-refractivity contribution in [2.24, 2.45) is 0 Å². The summed E-state index contributed by atoms with van der Waals surface area (Å²) in [6.07, 6.45) is 5.46. The lowest BCUT2D eigenvalue weighted by molar-refractivity contribution is -0.220. The molecule has 2 rings (SSSR count). The van der Waals surface area contributed by atoms with E-state index in [1.807, 2.05) is 30.3 Å². The molecule has 1 aliphatic heterocycles. The van der Waals surface area contributed by atoms with Gasteiger partial charge in [0.25, 0.3) is 0 Å². The van der Waals surface area contributed by atoms with Crippen LogP contribution in [0.4, 0.5) is 0 Å². The second-order valence-electron chi connectivity index (χ2n) is 7.29. The molecule has 0 saturated carbocycles. The molecule has 0 spiro atoms. The Labute approximate surface area is 189 Å². The van der Waals surface area contributed by atoms with Gasteiger partial charge in [-0.05, 0) is 18.4 Å². The van der Waals surface area contributed by atoms with Crippen molar-refractivity contribution in [1.29, 1.82) is 0 Å². The lowest BCUT2D eigenvalue weighted by Crippen LogP contribution is -2.50. The molecule has 1 aromatic rings. The number of rotatable bonds is 16. The first-order valence-corrected chi connectivity index (χ1v) is 11.2. The predicted molar refractivity (Wildman–Crippen MR) is 117 cm³/mol. The quantitative estimate of drug-likeness (QED) is 0.215. The maximum Gasteiger partial charge on any atom is 0.452 e. The minimum atomic E-state index is -2.32. The van der Waals surface area contributed by atoms with Gasteiger partial charge in [-0.15, -0.1) is 0 Å². The van der Waals surface area contributed by atoms with E-state index in [9.17, 15) is 9.59 Å². The minimum Gasteiger partial charge on any atom is -0.457 e. The SMILES string of the molecule is CCCCOCCOC(=O)C1(C(=O)OCCOCCCC)OC=C(Cc2ccccc2)O1. The second kappa shape index (κ2) is 14.5. The lowest BCUT2D eigenvalue weighted by Gasteiger charge is -2.24. The lowest BCUT2D eigenvalue weighted by atomic mass is 10.1. The summed E-state index contributed by atoms with van der Waals surface area (Å²) in [6.45, 7) is 5.64. The first-order chi connectivity index (χ1) is 15.6. The van der Waals surface area contributed by atoms with E-state index in [0.29, 0.717) is 25.4 Å². The van der Waals surface area contributed by atoms with E-state index in [-0.39, 0.29) is 26.4 Å². The van der Waals surface area contributed by atoms with Gasteiger partial charge in [0.1, 0.15) is 25.2 Å². The van der Waals surface area contributed by atoms with Gasteiger partial charge in [0.05, 0.1) is 13.2 Å². The fourth-order valence-corrected chi connectivity index (χ4v) is 2.79. The molecule has 0 aromatic heterocycles. The van der Waals surface area contributed by atoms with Crippen LogP contribution in [0.1, 0.15) is 45.1 Å². The number of carbonyl (C=O) groups is 2. The Morgan fingerprint density at radius 3 is 1.91 bits per heavy atom. The predicted octanol–water partition coefficient (Wildman–Crippen LogP) is 3.53. The molecule has 8 nitrogen and oxygen atoms in total. The van der Waals surface area contributed by atoms with Crippen LogP contribution in [-0.2, 0) is 44.4 Å². The Bertz CT molecular complexity index is 688. The summed E-state index contributed by atoms with van der Waals surface area (Å²) in [7, 11) is 0. The average Bonchev–Trinajstić information content (AvgIpc) is 3.24. The summed E-state index contributed by atoms with van der Waals surface area (Å²) in [6, 6.07) is 9.48. The highest BCUT2D eigenvalue weighted by atomic mass is 16.8. The molecule has 8 heteroatoms. The Morgan fingerprint density at radius 1 is 0.812 bits per heavy atom. The maximum absolute atomic E-state index is 12.8. The first-order valence-electron chi connectivity index (χ1n) is 11.2. The summed E-state index contributed by atoms with van der Waals surface area (Å²) >= 11 is 0. The normalized spacial score (nSPS) is 14.2. The van der Waals surface area contributed by atoms with Crippen LogP contribution in [0, 0.1) is 0 Å². The number of carbonyl (C=O) groups excluding carboxylic acids is 2. The molecule has 0 saturated heterocycles. The van der Waals surface area contributed by atoms with Gasteiger partial charge in [-0.1, -0.05) is 57.0 Å². The third-order valence-electron chi connectivity index (χ3n) is 4.60. The first kappa shape index (κ1) is 25.7. The summed E-state index contributed by atoms with van der Waals surface area (Å²) in [5, 5.41) is 0. The van der Waals surface area contributed by atoms with Crippen molar-refractivity contribution in [1.82, 2.24) is 0 Å². The standard InChI is InChI=1S/C24H34O8/c1-3-5-12-27-14-16-29-22(25)24(23(26)30-17-15-28-13-6-4-2)31-19-21(32-24)18-20-10-8-7-9-11-20/h7-11,19H,3-6,12-18H2,1-2H3. The molecule has 1 aliphatic rings. The van der Waals surface area contributed by atoms with Crippen molar-refractivity contribution in [3.05, 3.63) is 47.9 Å². The Hall–Kier alpha value is -2.58. The number of esters is 2. The van der Waals surface area contributed by atoms with Crippen molar-refractivity contribution in [3.8, 4) is 0 Å². The van der Waals surface area contributed by atoms with Crippen molar-refractivity contribution >= 4 is 11.9 Å². The van der Waals surface area contributed by atoms with Gasteiger partial charge in [0, 0.05) is 19.6 Å². The average molecular weight is 451 g/mol. The molecule has 1 aromatic carbocycles. The molecular weight excluding hydrogens is 416 g/mol. The fraction of sp³-hybridized carbons (Fsp3) is 0.583. The molecule has 0 N–H and O–H groups in total. The molecular formula is C24H34O8. The van der Waals surface area contributed by atoms with E-state index in [4.69, 9.17) is 28.4 Å². The highest BCUT2D eigenvalue weighted by Crippen LogP contribution is 2.30. The van der Waals surface area contributed by atoms with Gasteiger partial charge in [0.15, 0.2) is 0 Å². The third kappa shape index (κ3) is 8.16. The van der Waals surface area contributed by atoms with Crippen LogP contribution in [0.3, 0.4) is 0 Å². The zero-order valence-corrected chi connectivity index (χ0v) is 19.0. The molecule has 32 heavy (non-hydrogen) atoms. The topological polar surface area (TPSA) is 89.5 Å². The monoisotopic (exact) mass is 450 g/mol. The van der Waals surface area contributed by atoms with Crippen LogP contribution < -0.4 is 0 Å². The van der Waals surface area contributed by atoms with Gasteiger partial charge < -0.3 is 28.4 Å². The molecule has 0 fully saturated rings. The van der Waals surface area contributed by atoms with Crippen molar-refractivity contribution in [3.63, 3.8) is 0 Å². The zero-order chi connectivity index (χ0) is 23.1. The van der Waals surface area contributed by atoms with Crippen LogP contribution in [0.15, 0.2) is 42.4 Å². The number of allylic oxidation sites excluding steroid dienone is 1. The second-order valence-corrected chi connectivity index (χ2v) is 7.29. The number of hydrogen-bond donors (Lipinski definition) is 0. The number of hydrogen-bond acceptors (Lipinski definition) is 8. The minimum absolute atomic E-state index is 0.0293. The van der Waals surface area contributed by atoms with Gasteiger partial charge in [0.2, 0.25) is 0 Å². The number of ether oxygens (including phenoxy) is 6. The number of unbranched alkanes of at least 4 members (excludes halogenated alkanes) is 2. The van der Waals surface area contributed by atoms with Crippen molar-refractivity contribution < 1.29 is 38.0 Å².